The molecule has 0 saturated heterocycles. The normalized spacial score (nSPS) is 36.0. The van der Waals surface area contributed by atoms with Crippen LogP contribution in [0.4, 0.5) is 5.69 Å². The maximum absolute atomic E-state index is 6.45. The number of halogens is 1. The predicted molar refractivity (Wildman–Crippen MR) is 83.6 cm³/mol. The second kappa shape index (κ2) is 3.92. The summed E-state index contributed by atoms with van der Waals surface area (Å²) in [5.74, 6) is 2.72. The van der Waals surface area contributed by atoms with Crippen LogP contribution in [0.5, 0.6) is 0 Å². The first kappa shape index (κ1) is 11.4. The summed E-state index contributed by atoms with van der Waals surface area (Å²) in [5.41, 5.74) is 4.47. The highest BCUT2D eigenvalue weighted by atomic mass is 35.5. The lowest BCUT2D eigenvalue weighted by molar-refractivity contribution is 0.410. The molecule has 0 amide bonds. The van der Waals surface area contributed by atoms with Crippen molar-refractivity contribution in [2.75, 3.05) is 18.0 Å². The minimum absolute atomic E-state index is 0.598. The summed E-state index contributed by atoms with van der Waals surface area (Å²) >= 11 is 6.45. The molecule has 2 heteroatoms. The Hall–Kier alpha value is -1.21. The van der Waals surface area contributed by atoms with Gasteiger partial charge in [0, 0.05) is 35.6 Å². The Labute approximate surface area is 124 Å². The Bertz CT molecular complexity index is 594. The van der Waals surface area contributed by atoms with Gasteiger partial charge in [0.25, 0.3) is 0 Å². The van der Waals surface area contributed by atoms with Gasteiger partial charge in [0.1, 0.15) is 0 Å². The third kappa shape index (κ3) is 1.39. The summed E-state index contributed by atoms with van der Waals surface area (Å²) in [7, 11) is 0. The summed E-state index contributed by atoms with van der Waals surface area (Å²) < 4.78 is 0. The van der Waals surface area contributed by atoms with Gasteiger partial charge in [0.15, 0.2) is 0 Å². The molecule has 1 aromatic rings. The van der Waals surface area contributed by atoms with Crippen LogP contribution in [0.1, 0.15) is 35.8 Å². The predicted octanol–water partition coefficient (Wildman–Crippen LogP) is 4.49. The number of rotatable bonds is 0. The highest BCUT2D eigenvalue weighted by Crippen LogP contribution is 2.53. The molecule has 4 aliphatic rings. The van der Waals surface area contributed by atoms with Crippen LogP contribution in [0.2, 0.25) is 5.02 Å². The SMILES string of the molecule is Clc1cc2c3c(c1)[C@@H]1C=CC[C@@H]1CN3C[C@@H]1CC=C[C@H]21. The van der Waals surface area contributed by atoms with Gasteiger partial charge in [0.2, 0.25) is 0 Å². The fourth-order valence-corrected chi connectivity index (χ4v) is 5.07. The number of nitrogens with zero attached hydrogens (tertiary/aromatic N) is 1. The van der Waals surface area contributed by atoms with Crippen LogP contribution in [0.25, 0.3) is 0 Å². The van der Waals surface area contributed by atoms with E-state index in [9.17, 15) is 0 Å². The first-order valence-electron chi connectivity index (χ1n) is 7.73. The van der Waals surface area contributed by atoms with Gasteiger partial charge in [-0.15, -0.1) is 0 Å². The smallest absolute Gasteiger partial charge is 0.0444 e. The van der Waals surface area contributed by atoms with Gasteiger partial charge in [-0.3, -0.25) is 0 Å². The van der Waals surface area contributed by atoms with Crippen LogP contribution >= 0.6 is 11.6 Å². The second-order valence-corrected chi connectivity index (χ2v) is 7.17. The summed E-state index contributed by atoms with van der Waals surface area (Å²) in [5, 5.41) is 0.917. The van der Waals surface area contributed by atoms with Crippen molar-refractivity contribution in [2.45, 2.75) is 24.7 Å². The van der Waals surface area contributed by atoms with E-state index in [0.717, 1.165) is 16.9 Å². The molecule has 4 atom stereocenters. The Balaban J connectivity index is 1.76. The molecule has 0 spiro atoms. The topological polar surface area (TPSA) is 3.24 Å². The molecule has 0 bridgehead atoms. The van der Waals surface area contributed by atoms with E-state index in [2.05, 4.69) is 41.3 Å². The van der Waals surface area contributed by atoms with Gasteiger partial charge in [-0.1, -0.05) is 35.9 Å². The quantitative estimate of drug-likeness (QED) is 0.634. The van der Waals surface area contributed by atoms with E-state index in [1.54, 1.807) is 0 Å². The summed E-state index contributed by atoms with van der Waals surface area (Å²) in [6.07, 6.45) is 12.0. The number of benzene rings is 1. The van der Waals surface area contributed by atoms with Crippen molar-refractivity contribution < 1.29 is 0 Å². The highest BCUT2D eigenvalue weighted by Gasteiger charge is 2.42. The van der Waals surface area contributed by atoms with Crippen molar-refractivity contribution in [3.05, 3.63) is 52.6 Å². The second-order valence-electron chi connectivity index (χ2n) is 6.74. The molecule has 1 nitrogen and oxygen atoms in total. The lowest BCUT2D eigenvalue weighted by Crippen LogP contribution is -2.43. The Kier molecular flexibility index (Phi) is 2.24. The highest BCUT2D eigenvalue weighted by molar-refractivity contribution is 6.30. The van der Waals surface area contributed by atoms with Crippen LogP contribution in [0.15, 0.2) is 36.4 Å². The number of hydrogen-bond acceptors (Lipinski definition) is 1. The van der Waals surface area contributed by atoms with Crippen LogP contribution in [-0.4, -0.2) is 13.1 Å². The zero-order valence-corrected chi connectivity index (χ0v) is 12.2. The van der Waals surface area contributed by atoms with E-state index in [1.807, 2.05) is 0 Å². The molecule has 0 radical (unpaired) electrons. The molecule has 20 heavy (non-hydrogen) atoms. The van der Waals surface area contributed by atoms with E-state index in [1.165, 1.54) is 42.7 Å². The van der Waals surface area contributed by atoms with Crippen LogP contribution in [0, 0.1) is 11.8 Å². The third-order valence-corrected chi connectivity index (χ3v) is 5.88. The summed E-state index contributed by atoms with van der Waals surface area (Å²) in [6.45, 7) is 2.45. The van der Waals surface area contributed by atoms with E-state index < -0.39 is 0 Å². The molecule has 0 unspecified atom stereocenters. The van der Waals surface area contributed by atoms with Crippen LogP contribution < -0.4 is 4.90 Å². The van der Waals surface area contributed by atoms with Gasteiger partial charge >= 0.3 is 0 Å². The lowest BCUT2D eigenvalue weighted by atomic mass is 9.75. The van der Waals surface area contributed by atoms with Gasteiger partial charge < -0.3 is 4.90 Å². The monoisotopic (exact) mass is 283 g/mol. The largest absolute Gasteiger partial charge is 0.370 e. The van der Waals surface area contributed by atoms with Crippen molar-refractivity contribution in [3.63, 3.8) is 0 Å². The average molecular weight is 284 g/mol. The zero-order valence-electron chi connectivity index (χ0n) is 11.4. The molecule has 1 aromatic carbocycles. The van der Waals surface area contributed by atoms with E-state index >= 15 is 0 Å². The minimum atomic E-state index is 0.598. The molecule has 2 heterocycles. The summed E-state index contributed by atoms with van der Waals surface area (Å²) in [6, 6.07) is 4.44. The van der Waals surface area contributed by atoms with Crippen LogP contribution in [0.3, 0.4) is 0 Å². The maximum atomic E-state index is 6.45. The summed E-state index contributed by atoms with van der Waals surface area (Å²) in [4.78, 5) is 2.66. The number of hydrogen-bond donors (Lipinski definition) is 0. The first-order chi connectivity index (χ1) is 9.81. The minimum Gasteiger partial charge on any atom is -0.370 e. The molecule has 2 aliphatic heterocycles. The number of anilines is 1. The molecule has 0 aromatic heterocycles. The van der Waals surface area contributed by atoms with Crippen molar-refractivity contribution in [1.29, 1.82) is 0 Å². The molecule has 0 fully saturated rings. The molecule has 0 N–H and O–H groups in total. The van der Waals surface area contributed by atoms with Crippen molar-refractivity contribution >= 4 is 17.3 Å². The van der Waals surface area contributed by atoms with E-state index in [0.29, 0.717) is 11.8 Å². The Morgan fingerprint density at radius 3 is 2.00 bits per heavy atom. The standard InChI is InChI=1S/C18H18ClN/c19-13-7-16-14-5-1-3-11(14)9-20-10-12-4-2-6-15(12)17(8-13)18(16)20/h1-2,5-8,11-12,14-15H,3-4,9-10H2/t11-,12+,14-,15+. The fraction of sp³-hybridized carbons (Fsp3) is 0.444. The molecular formula is C18H18ClN. The maximum Gasteiger partial charge on any atom is 0.0444 e. The van der Waals surface area contributed by atoms with Gasteiger partial charge in [-0.25, -0.2) is 0 Å². The van der Waals surface area contributed by atoms with E-state index in [4.69, 9.17) is 11.6 Å². The molecule has 0 saturated carbocycles. The molecule has 5 rings (SSSR count). The van der Waals surface area contributed by atoms with Gasteiger partial charge in [-0.05, 0) is 47.9 Å². The van der Waals surface area contributed by atoms with Crippen molar-refractivity contribution in [3.8, 4) is 0 Å². The average Bonchev–Trinajstić information content (AvgIpc) is 3.06. The molecule has 2 aliphatic carbocycles. The van der Waals surface area contributed by atoms with Gasteiger partial charge in [-0.2, -0.15) is 0 Å². The lowest BCUT2D eigenvalue weighted by Gasteiger charge is -2.46. The van der Waals surface area contributed by atoms with Crippen LogP contribution in [-0.2, 0) is 0 Å². The Morgan fingerprint density at radius 2 is 1.45 bits per heavy atom. The first-order valence-corrected chi connectivity index (χ1v) is 8.10. The molecule has 102 valence electrons. The Morgan fingerprint density at radius 1 is 0.900 bits per heavy atom. The molecular weight excluding hydrogens is 266 g/mol. The third-order valence-electron chi connectivity index (χ3n) is 5.66. The fourth-order valence-electron chi connectivity index (χ4n) is 4.84. The number of fused-ring (bicyclic) bond motifs is 4. The van der Waals surface area contributed by atoms with Crippen molar-refractivity contribution in [1.82, 2.24) is 0 Å². The van der Waals surface area contributed by atoms with Crippen molar-refractivity contribution in [2.24, 2.45) is 11.8 Å². The zero-order chi connectivity index (χ0) is 13.3. The van der Waals surface area contributed by atoms with Gasteiger partial charge in [0.05, 0.1) is 0 Å². The number of allylic oxidation sites excluding steroid dienone is 4. The van der Waals surface area contributed by atoms with E-state index in [-0.39, 0.29) is 0 Å².